The molecule has 0 radical (unpaired) electrons. The Morgan fingerprint density at radius 3 is 2.53 bits per heavy atom. The molecule has 1 saturated carbocycles. The van der Waals surface area contributed by atoms with Gasteiger partial charge in [0.15, 0.2) is 0 Å². The molecule has 1 saturated heterocycles. The minimum atomic E-state index is -0.853. The highest BCUT2D eigenvalue weighted by atomic mass is 16.4. The van der Waals surface area contributed by atoms with Crippen molar-refractivity contribution < 1.29 is 14.7 Å². The molecular formula is C15H25NO3. The third-order valence-electron chi connectivity index (χ3n) is 4.56. The average molecular weight is 267 g/mol. The maximum atomic E-state index is 12.6. The minimum absolute atomic E-state index is 0.0127. The van der Waals surface area contributed by atoms with Gasteiger partial charge in [-0.25, -0.2) is 4.79 Å². The van der Waals surface area contributed by atoms with Gasteiger partial charge >= 0.3 is 5.97 Å². The number of nitrogens with zero attached hydrogens (tertiary/aromatic N) is 1. The molecule has 0 aromatic heterocycles. The normalized spacial score (nSPS) is 34.3. The van der Waals surface area contributed by atoms with Crippen molar-refractivity contribution in [3.63, 3.8) is 0 Å². The number of carbonyl (C=O) groups excluding carboxylic acids is 1. The molecule has 4 nitrogen and oxygen atoms in total. The lowest BCUT2D eigenvalue weighted by molar-refractivity contribution is -0.151. The summed E-state index contributed by atoms with van der Waals surface area (Å²) >= 11 is 0. The van der Waals surface area contributed by atoms with E-state index < -0.39 is 12.0 Å². The lowest BCUT2D eigenvalue weighted by atomic mass is 9.67. The molecule has 2 aliphatic rings. The second-order valence-electron chi connectivity index (χ2n) is 7.14. The Bertz CT molecular complexity index is 378. The maximum Gasteiger partial charge on any atom is 0.326 e. The van der Waals surface area contributed by atoms with Crippen LogP contribution in [0.15, 0.2) is 0 Å². The SMILES string of the molecule is CC1CC(C(=O)N2CCC[C@H]2C(=O)O)CC(C)(C)C1. The molecule has 0 aromatic carbocycles. The molecule has 1 N–H and O–H groups in total. The van der Waals surface area contributed by atoms with Crippen molar-refractivity contribution in [2.45, 2.75) is 58.9 Å². The molecular weight excluding hydrogens is 242 g/mol. The van der Waals surface area contributed by atoms with Gasteiger partial charge in [0.1, 0.15) is 6.04 Å². The summed E-state index contributed by atoms with van der Waals surface area (Å²) < 4.78 is 0. The summed E-state index contributed by atoms with van der Waals surface area (Å²) in [6, 6.07) is -0.590. The number of carboxylic acid groups (broad SMARTS) is 1. The minimum Gasteiger partial charge on any atom is -0.480 e. The van der Waals surface area contributed by atoms with E-state index in [2.05, 4.69) is 20.8 Å². The fourth-order valence-corrected chi connectivity index (χ4v) is 4.06. The van der Waals surface area contributed by atoms with E-state index in [9.17, 15) is 14.7 Å². The molecule has 2 rings (SSSR count). The molecule has 2 fully saturated rings. The quantitative estimate of drug-likeness (QED) is 0.836. The van der Waals surface area contributed by atoms with E-state index in [0.29, 0.717) is 18.9 Å². The highest BCUT2D eigenvalue weighted by Gasteiger charge is 2.41. The van der Waals surface area contributed by atoms with Gasteiger partial charge < -0.3 is 10.0 Å². The van der Waals surface area contributed by atoms with Gasteiger partial charge in [-0.3, -0.25) is 4.79 Å². The summed E-state index contributed by atoms with van der Waals surface area (Å²) in [5, 5.41) is 9.19. The van der Waals surface area contributed by atoms with E-state index in [4.69, 9.17) is 0 Å². The van der Waals surface area contributed by atoms with Gasteiger partial charge in [0, 0.05) is 12.5 Å². The number of carbonyl (C=O) groups is 2. The summed E-state index contributed by atoms with van der Waals surface area (Å²) in [4.78, 5) is 25.4. The van der Waals surface area contributed by atoms with Crippen molar-refractivity contribution in [3.8, 4) is 0 Å². The predicted octanol–water partition coefficient (Wildman–Crippen LogP) is 2.52. The largest absolute Gasteiger partial charge is 0.480 e. The zero-order valence-corrected chi connectivity index (χ0v) is 12.2. The number of hydrogen-bond donors (Lipinski definition) is 1. The number of likely N-dealkylation sites (tertiary alicyclic amines) is 1. The Balaban J connectivity index is 2.08. The number of amides is 1. The van der Waals surface area contributed by atoms with Gasteiger partial charge in [-0.1, -0.05) is 20.8 Å². The molecule has 4 heteroatoms. The van der Waals surface area contributed by atoms with Crippen molar-refractivity contribution in [2.24, 2.45) is 17.3 Å². The highest BCUT2D eigenvalue weighted by Crippen LogP contribution is 2.42. The molecule has 108 valence electrons. The lowest BCUT2D eigenvalue weighted by Gasteiger charge is -2.40. The number of rotatable bonds is 2. The van der Waals surface area contributed by atoms with Crippen LogP contribution < -0.4 is 0 Å². The van der Waals surface area contributed by atoms with Crippen molar-refractivity contribution in [1.82, 2.24) is 4.90 Å². The van der Waals surface area contributed by atoms with Crippen molar-refractivity contribution in [2.75, 3.05) is 6.54 Å². The van der Waals surface area contributed by atoms with Crippen LogP contribution in [0.5, 0.6) is 0 Å². The zero-order chi connectivity index (χ0) is 14.2. The summed E-state index contributed by atoms with van der Waals surface area (Å²) in [6.07, 6.45) is 4.37. The Hall–Kier alpha value is -1.06. The maximum absolute atomic E-state index is 12.6. The fraction of sp³-hybridized carbons (Fsp3) is 0.867. The second-order valence-corrected chi connectivity index (χ2v) is 7.14. The molecule has 0 aromatic rings. The number of aliphatic carboxylic acids is 1. The van der Waals surface area contributed by atoms with Crippen molar-refractivity contribution in [3.05, 3.63) is 0 Å². The lowest BCUT2D eigenvalue weighted by Crippen LogP contribution is -2.46. The van der Waals surface area contributed by atoms with Crippen LogP contribution in [0.1, 0.15) is 52.9 Å². The van der Waals surface area contributed by atoms with Gasteiger partial charge in [-0.05, 0) is 43.4 Å². The summed E-state index contributed by atoms with van der Waals surface area (Å²) in [5.74, 6) is -0.222. The smallest absolute Gasteiger partial charge is 0.326 e. The first-order valence-corrected chi connectivity index (χ1v) is 7.33. The van der Waals surface area contributed by atoms with Crippen LogP contribution in [0.2, 0.25) is 0 Å². The van der Waals surface area contributed by atoms with Crippen LogP contribution in [-0.4, -0.2) is 34.5 Å². The number of hydrogen-bond acceptors (Lipinski definition) is 2. The Morgan fingerprint density at radius 1 is 1.26 bits per heavy atom. The molecule has 3 atom stereocenters. The summed E-state index contributed by atoms with van der Waals surface area (Å²) in [5.41, 5.74) is 0.191. The molecule has 1 aliphatic heterocycles. The van der Waals surface area contributed by atoms with Gasteiger partial charge in [-0.15, -0.1) is 0 Å². The molecule has 19 heavy (non-hydrogen) atoms. The second kappa shape index (κ2) is 5.14. The number of carboxylic acids is 1. The topological polar surface area (TPSA) is 57.6 Å². The van der Waals surface area contributed by atoms with Crippen LogP contribution in [-0.2, 0) is 9.59 Å². The van der Waals surface area contributed by atoms with Crippen LogP contribution in [0, 0.1) is 17.3 Å². The van der Waals surface area contributed by atoms with E-state index >= 15 is 0 Å². The standard InChI is InChI=1S/C15H25NO3/c1-10-7-11(9-15(2,3)8-10)13(17)16-6-4-5-12(16)14(18)19/h10-12H,4-9H2,1-3H3,(H,18,19)/t10?,11?,12-/m0/s1. The van der Waals surface area contributed by atoms with Gasteiger partial charge in [0.05, 0.1) is 0 Å². The van der Waals surface area contributed by atoms with Crippen LogP contribution in [0.3, 0.4) is 0 Å². The molecule has 1 aliphatic carbocycles. The van der Waals surface area contributed by atoms with E-state index in [1.54, 1.807) is 4.90 Å². The third kappa shape index (κ3) is 3.10. The van der Waals surface area contributed by atoms with E-state index in [1.165, 1.54) is 0 Å². The monoisotopic (exact) mass is 267 g/mol. The van der Waals surface area contributed by atoms with Crippen molar-refractivity contribution >= 4 is 11.9 Å². The molecule has 1 amide bonds. The van der Waals surface area contributed by atoms with Gasteiger partial charge in [-0.2, -0.15) is 0 Å². The van der Waals surface area contributed by atoms with Crippen molar-refractivity contribution in [1.29, 1.82) is 0 Å². The summed E-state index contributed by atoms with van der Waals surface area (Å²) in [7, 11) is 0. The van der Waals surface area contributed by atoms with E-state index in [1.807, 2.05) is 0 Å². The fourth-order valence-electron chi connectivity index (χ4n) is 4.06. The molecule has 2 unspecified atom stereocenters. The Labute approximate surface area is 115 Å². The van der Waals surface area contributed by atoms with E-state index in [0.717, 1.165) is 25.7 Å². The molecule has 0 spiro atoms. The van der Waals surface area contributed by atoms with Crippen LogP contribution >= 0.6 is 0 Å². The predicted molar refractivity (Wildman–Crippen MR) is 72.7 cm³/mol. The molecule has 0 bridgehead atoms. The highest BCUT2D eigenvalue weighted by molar-refractivity contribution is 5.85. The van der Waals surface area contributed by atoms with Gasteiger partial charge in [0.2, 0.25) is 5.91 Å². The van der Waals surface area contributed by atoms with E-state index in [-0.39, 0.29) is 17.2 Å². The van der Waals surface area contributed by atoms with Crippen LogP contribution in [0.4, 0.5) is 0 Å². The molecule has 1 heterocycles. The average Bonchev–Trinajstić information content (AvgIpc) is 2.73. The first-order chi connectivity index (χ1) is 8.80. The third-order valence-corrected chi connectivity index (χ3v) is 4.56. The first-order valence-electron chi connectivity index (χ1n) is 7.33. The zero-order valence-electron chi connectivity index (χ0n) is 12.2. The van der Waals surface area contributed by atoms with Gasteiger partial charge in [0.25, 0.3) is 0 Å². The Morgan fingerprint density at radius 2 is 1.95 bits per heavy atom. The Kier molecular flexibility index (Phi) is 3.88. The first kappa shape index (κ1) is 14.4. The van der Waals surface area contributed by atoms with Crippen LogP contribution in [0.25, 0.3) is 0 Å². The summed E-state index contributed by atoms with van der Waals surface area (Å²) in [6.45, 7) is 7.23.